The summed E-state index contributed by atoms with van der Waals surface area (Å²) in [6.07, 6.45) is 4.36. The van der Waals surface area contributed by atoms with E-state index in [2.05, 4.69) is 28.9 Å². The van der Waals surface area contributed by atoms with Crippen LogP contribution in [0.15, 0.2) is 58.7 Å². The van der Waals surface area contributed by atoms with Crippen LogP contribution in [0.5, 0.6) is 0 Å². The summed E-state index contributed by atoms with van der Waals surface area (Å²) in [5.41, 5.74) is 4.54. The van der Waals surface area contributed by atoms with Crippen LogP contribution in [0.3, 0.4) is 0 Å². The van der Waals surface area contributed by atoms with Gasteiger partial charge < -0.3 is 14.6 Å². The summed E-state index contributed by atoms with van der Waals surface area (Å²) in [4.78, 5) is 15.6. The minimum absolute atomic E-state index is 0.0273. The van der Waals surface area contributed by atoms with Gasteiger partial charge in [0.05, 0.1) is 18.6 Å². The third-order valence-electron chi connectivity index (χ3n) is 4.69. The van der Waals surface area contributed by atoms with Crippen LogP contribution in [-0.2, 0) is 17.8 Å². The Morgan fingerprint density at radius 2 is 2.16 bits per heavy atom. The van der Waals surface area contributed by atoms with Crippen LogP contribution in [0.2, 0.25) is 0 Å². The Bertz CT molecular complexity index is 869. The van der Waals surface area contributed by atoms with Crippen LogP contribution in [0.25, 0.3) is 0 Å². The lowest BCUT2D eigenvalue weighted by atomic mass is 9.92. The van der Waals surface area contributed by atoms with Crippen molar-refractivity contribution in [3.63, 3.8) is 0 Å². The monoisotopic (exact) mass is 352 g/mol. The van der Waals surface area contributed by atoms with Crippen molar-refractivity contribution in [2.24, 2.45) is 0 Å². The largest absolute Gasteiger partial charge is 0.472 e. The van der Waals surface area contributed by atoms with Gasteiger partial charge in [-0.05, 0) is 35.6 Å². The number of hydrogen-bond donors (Lipinski definition) is 1. The van der Waals surface area contributed by atoms with Gasteiger partial charge >= 0.3 is 0 Å². The van der Waals surface area contributed by atoms with Gasteiger partial charge in [-0.2, -0.15) is 0 Å². The summed E-state index contributed by atoms with van der Waals surface area (Å²) >= 11 is 1.78. The summed E-state index contributed by atoms with van der Waals surface area (Å²) in [5, 5.41) is 5.63. The number of hydrogen-bond acceptors (Lipinski definition) is 4. The number of fused-ring (bicyclic) bond motifs is 1. The number of furan rings is 1. The smallest absolute Gasteiger partial charge is 0.220 e. The Morgan fingerprint density at radius 1 is 1.28 bits per heavy atom. The van der Waals surface area contributed by atoms with Crippen molar-refractivity contribution in [1.29, 1.82) is 0 Å². The van der Waals surface area contributed by atoms with Gasteiger partial charge in [0.15, 0.2) is 0 Å². The molecule has 3 aromatic rings. The molecule has 1 amide bonds. The Hall–Kier alpha value is -2.53. The van der Waals surface area contributed by atoms with E-state index < -0.39 is 0 Å². The van der Waals surface area contributed by atoms with Crippen molar-refractivity contribution in [2.75, 3.05) is 11.9 Å². The van der Waals surface area contributed by atoms with E-state index in [0.29, 0.717) is 6.54 Å². The predicted molar refractivity (Wildman–Crippen MR) is 99.7 cm³/mol. The maximum atomic E-state index is 12.3. The number of para-hydroxylation sites is 1. The molecule has 1 aromatic carbocycles. The average molecular weight is 352 g/mol. The second kappa shape index (κ2) is 6.76. The quantitative estimate of drug-likeness (QED) is 0.755. The predicted octanol–water partition coefficient (Wildman–Crippen LogP) is 4.45. The fourth-order valence-electron chi connectivity index (χ4n) is 3.48. The highest BCUT2D eigenvalue weighted by Gasteiger charge is 2.32. The van der Waals surface area contributed by atoms with Gasteiger partial charge in [-0.15, -0.1) is 11.3 Å². The first kappa shape index (κ1) is 16.0. The van der Waals surface area contributed by atoms with Crippen molar-refractivity contribution in [1.82, 2.24) is 4.90 Å². The Labute approximate surface area is 151 Å². The Morgan fingerprint density at radius 3 is 2.96 bits per heavy atom. The molecule has 1 N–H and O–H groups in total. The van der Waals surface area contributed by atoms with E-state index in [1.54, 1.807) is 30.8 Å². The second-order valence-corrected chi connectivity index (χ2v) is 7.24. The lowest BCUT2D eigenvalue weighted by Gasteiger charge is -2.36. The molecule has 128 valence electrons. The molecule has 1 atom stereocenters. The highest BCUT2D eigenvalue weighted by atomic mass is 32.1. The number of amides is 1. The van der Waals surface area contributed by atoms with Crippen molar-refractivity contribution in [2.45, 2.75) is 25.9 Å². The van der Waals surface area contributed by atoms with Crippen LogP contribution in [0.1, 0.15) is 34.5 Å². The molecule has 0 fully saturated rings. The van der Waals surface area contributed by atoms with E-state index in [9.17, 15) is 4.79 Å². The van der Waals surface area contributed by atoms with E-state index in [-0.39, 0.29) is 11.9 Å². The van der Waals surface area contributed by atoms with Gasteiger partial charge in [-0.25, -0.2) is 0 Å². The van der Waals surface area contributed by atoms with Gasteiger partial charge in [0.2, 0.25) is 5.91 Å². The normalized spacial score (nSPS) is 16.5. The molecule has 0 saturated carbocycles. The molecule has 0 spiro atoms. The highest BCUT2D eigenvalue weighted by molar-refractivity contribution is 7.10. The first-order valence-electron chi connectivity index (χ1n) is 8.41. The second-order valence-electron chi connectivity index (χ2n) is 6.24. The van der Waals surface area contributed by atoms with Gasteiger partial charge in [0, 0.05) is 41.7 Å². The average Bonchev–Trinajstić information content (AvgIpc) is 3.30. The molecule has 0 bridgehead atoms. The standard InChI is InChI=1S/C20H20N2O2S/c1-14(23)22-9-6-19-17(8-11-25-19)20(22)16-4-2-3-5-18(16)21-12-15-7-10-24-13-15/h2-5,7-8,10-11,13,20-21H,6,9,12H2,1H3. The zero-order valence-electron chi connectivity index (χ0n) is 14.1. The van der Waals surface area contributed by atoms with Crippen LogP contribution >= 0.6 is 11.3 Å². The lowest BCUT2D eigenvalue weighted by Crippen LogP contribution is -2.38. The van der Waals surface area contributed by atoms with Crippen LogP contribution in [0, 0.1) is 0 Å². The van der Waals surface area contributed by atoms with E-state index in [1.165, 1.54) is 10.4 Å². The molecule has 0 radical (unpaired) electrons. The fourth-order valence-corrected chi connectivity index (χ4v) is 4.38. The summed E-state index contributed by atoms with van der Waals surface area (Å²) in [7, 11) is 0. The summed E-state index contributed by atoms with van der Waals surface area (Å²) in [6.45, 7) is 3.12. The zero-order chi connectivity index (χ0) is 17.2. The minimum atomic E-state index is -0.0273. The van der Waals surface area contributed by atoms with Gasteiger partial charge in [-0.1, -0.05) is 18.2 Å². The molecule has 25 heavy (non-hydrogen) atoms. The number of thiophene rings is 1. The zero-order valence-corrected chi connectivity index (χ0v) is 14.9. The minimum Gasteiger partial charge on any atom is -0.472 e. The molecular formula is C20H20N2O2S. The van der Waals surface area contributed by atoms with Gasteiger partial charge in [0.25, 0.3) is 0 Å². The fraction of sp³-hybridized carbons (Fsp3) is 0.250. The summed E-state index contributed by atoms with van der Waals surface area (Å²) in [6, 6.07) is 12.3. The number of nitrogens with zero attached hydrogens (tertiary/aromatic N) is 1. The molecule has 5 heteroatoms. The number of anilines is 1. The van der Waals surface area contributed by atoms with Crippen molar-refractivity contribution >= 4 is 22.9 Å². The molecule has 1 aliphatic heterocycles. The molecule has 1 aliphatic rings. The third-order valence-corrected chi connectivity index (χ3v) is 5.69. The van der Waals surface area contributed by atoms with Crippen molar-refractivity contribution in [3.05, 3.63) is 75.9 Å². The number of benzene rings is 1. The first-order chi connectivity index (χ1) is 12.2. The molecule has 4 nitrogen and oxygen atoms in total. The molecule has 1 unspecified atom stereocenters. The highest BCUT2D eigenvalue weighted by Crippen LogP contribution is 2.40. The number of rotatable bonds is 4. The van der Waals surface area contributed by atoms with Crippen molar-refractivity contribution in [3.8, 4) is 0 Å². The van der Waals surface area contributed by atoms with Crippen molar-refractivity contribution < 1.29 is 9.21 Å². The number of carbonyl (C=O) groups excluding carboxylic acids is 1. The maximum Gasteiger partial charge on any atom is 0.220 e. The number of carbonyl (C=O) groups is 1. The van der Waals surface area contributed by atoms with Gasteiger partial charge in [0.1, 0.15) is 0 Å². The van der Waals surface area contributed by atoms with Crippen LogP contribution in [0.4, 0.5) is 5.69 Å². The third kappa shape index (κ3) is 3.07. The van der Waals surface area contributed by atoms with E-state index in [0.717, 1.165) is 29.8 Å². The molecule has 2 aromatic heterocycles. The topological polar surface area (TPSA) is 45.5 Å². The first-order valence-corrected chi connectivity index (χ1v) is 9.29. The molecule has 3 heterocycles. The number of nitrogens with one attached hydrogen (secondary N) is 1. The Kier molecular flexibility index (Phi) is 4.32. The van der Waals surface area contributed by atoms with Crippen LogP contribution in [-0.4, -0.2) is 17.4 Å². The Balaban J connectivity index is 1.71. The molecule has 0 aliphatic carbocycles. The molecule has 0 saturated heterocycles. The van der Waals surface area contributed by atoms with E-state index in [1.807, 2.05) is 23.1 Å². The summed E-state index contributed by atoms with van der Waals surface area (Å²) in [5.74, 6) is 0.117. The SMILES string of the molecule is CC(=O)N1CCc2sccc2C1c1ccccc1NCc1ccoc1. The van der Waals surface area contributed by atoms with Crippen LogP contribution < -0.4 is 5.32 Å². The van der Waals surface area contributed by atoms with Gasteiger partial charge in [-0.3, -0.25) is 4.79 Å². The lowest BCUT2D eigenvalue weighted by molar-refractivity contribution is -0.130. The maximum absolute atomic E-state index is 12.3. The van der Waals surface area contributed by atoms with E-state index >= 15 is 0 Å². The summed E-state index contributed by atoms with van der Waals surface area (Å²) < 4.78 is 5.14. The van der Waals surface area contributed by atoms with E-state index in [4.69, 9.17) is 4.42 Å². The molecular weight excluding hydrogens is 332 g/mol. The molecule has 4 rings (SSSR count).